The third-order valence-corrected chi connectivity index (χ3v) is 17.3. The predicted molar refractivity (Wildman–Crippen MR) is 242 cm³/mol. The van der Waals surface area contributed by atoms with E-state index in [4.69, 9.17) is 0 Å². The molecule has 4 aromatic rings. The van der Waals surface area contributed by atoms with Crippen molar-refractivity contribution >= 4 is 29.2 Å². The van der Waals surface area contributed by atoms with Crippen LogP contribution in [0.1, 0.15) is 170 Å². The standard InChI is InChI=1S/C53H71Si.3ClH.Ti/c1-48(2,3)37-27-38(49(4,5)6)31-43(30-37)54(47-26-22-25-46(47)36-23-20-19-21-24-36,44-32-39(50(7,8)9)28-40(33-44)51(10,11)12)45-34-41(52(13,14)15)29-42(35-45)53(16,17)18;;;;/h19-21,23-24,26-35H,22H2,1-18H3;3*1H;/q;;;;+3/p-3. The van der Waals surface area contributed by atoms with Crippen LogP contribution in [-0.4, -0.2) is 8.07 Å². The molecule has 0 unspecified atom stereocenters. The van der Waals surface area contributed by atoms with Gasteiger partial charge in [0.2, 0.25) is 0 Å². The Morgan fingerprint density at radius 3 is 0.897 bits per heavy atom. The van der Waals surface area contributed by atoms with Gasteiger partial charge in [-0.25, -0.2) is 0 Å². The van der Waals surface area contributed by atoms with Crippen LogP contribution < -0.4 is 52.8 Å². The molecule has 0 nitrogen and oxygen atoms in total. The summed E-state index contributed by atoms with van der Waals surface area (Å²) in [6.45, 7) is 43.1. The van der Waals surface area contributed by atoms with Gasteiger partial charge >= 0.3 is 352 Å². The molecule has 0 saturated heterocycles. The molecule has 5 rings (SSSR count). The first-order chi connectivity index (χ1) is 24.9. The third-order valence-electron chi connectivity index (χ3n) is 11.8. The van der Waals surface area contributed by atoms with Gasteiger partial charge in [0.15, 0.2) is 0 Å². The molecule has 58 heavy (non-hydrogen) atoms. The fourth-order valence-electron chi connectivity index (χ4n) is 7.94. The third kappa shape index (κ3) is 10.8. The van der Waals surface area contributed by atoms with Gasteiger partial charge < -0.3 is 37.2 Å². The van der Waals surface area contributed by atoms with Crippen molar-refractivity contribution in [1.82, 2.24) is 0 Å². The molecule has 0 aromatic heterocycles. The van der Waals surface area contributed by atoms with Gasteiger partial charge in [0.05, 0.1) is 0 Å². The molecular weight excluding hydrogens is 819 g/mol. The SMILES string of the molecule is CC(C)(C)c1cc(C(C)(C)C)cc([Si](C2=CC[C]([Ti+3])=C2c2ccccc2)(c2cc(C(C)(C)C)cc(C(C)(C)C)c2)c2cc(C(C)(C)C)cc(C(C)(C)C)c2)c1.[Cl-].[Cl-].[Cl-]. The smallest absolute Gasteiger partial charge is 1.00 e. The van der Waals surface area contributed by atoms with Gasteiger partial charge in [0, 0.05) is 0 Å². The van der Waals surface area contributed by atoms with E-state index in [1.807, 2.05) is 0 Å². The molecule has 0 N–H and O–H groups in total. The first-order valence-corrected chi connectivity index (χ1v) is 23.4. The van der Waals surface area contributed by atoms with Crippen LogP contribution in [0.3, 0.4) is 0 Å². The zero-order valence-electron chi connectivity index (χ0n) is 39.0. The van der Waals surface area contributed by atoms with Crippen LogP contribution in [0.25, 0.3) is 5.57 Å². The van der Waals surface area contributed by atoms with Gasteiger partial charge in [0.1, 0.15) is 0 Å². The van der Waals surface area contributed by atoms with E-state index >= 15 is 0 Å². The van der Waals surface area contributed by atoms with E-state index in [0.717, 1.165) is 6.42 Å². The Morgan fingerprint density at radius 2 is 0.655 bits per heavy atom. The van der Waals surface area contributed by atoms with Gasteiger partial charge in [-0.3, -0.25) is 0 Å². The Bertz CT molecular complexity index is 1850. The zero-order valence-corrected chi connectivity index (χ0v) is 43.8. The second kappa shape index (κ2) is 17.9. The minimum atomic E-state index is -3.14. The minimum Gasteiger partial charge on any atom is -1.00 e. The van der Waals surface area contributed by atoms with E-state index in [1.54, 1.807) is 5.20 Å². The van der Waals surface area contributed by atoms with Crippen molar-refractivity contribution in [2.24, 2.45) is 0 Å². The number of rotatable bonds is 5. The number of allylic oxidation sites excluding steroid dienone is 4. The summed E-state index contributed by atoms with van der Waals surface area (Å²) in [7, 11) is -3.14. The molecule has 0 spiro atoms. The van der Waals surface area contributed by atoms with Crippen molar-refractivity contribution < 1.29 is 57.7 Å². The topological polar surface area (TPSA) is 0 Å². The first-order valence-electron chi connectivity index (χ1n) is 20.7. The summed E-state index contributed by atoms with van der Waals surface area (Å²) in [5.74, 6) is 0. The van der Waals surface area contributed by atoms with E-state index in [-0.39, 0.29) is 69.7 Å². The molecule has 0 fully saturated rings. The minimum absolute atomic E-state index is 0. The number of benzene rings is 4. The average Bonchev–Trinajstić information content (AvgIpc) is 3.44. The Balaban J connectivity index is 0.00000387. The molecule has 0 aliphatic heterocycles. The summed E-state index contributed by atoms with van der Waals surface area (Å²) in [5.41, 5.74) is 11.1. The maximum Gasteiger partial charge on any atom is -1.00 e. The second-order valence-corrected chi connectivity index (χ2v) is 27.4. The quantitative estimate of drug-likeness (QED) is 0.212. The van der Waals surface area contributed by atoms with Crippen LogP contribution in [0, 0.1) is 0 Å². The Labute approximate surface area is 386 Å². The molecule has 1 aliphatic carbocycles. The van der Waals surface area contributed by atoms with Crippen molar-refractivity contribution in [3.63, 3.8) is 0 Å². The fraction of sp³-hybridized carbons (Fsp3) is 0.472. The molecule has 1 aliphatic rings. The van der Waals surface area contributed by atoms with Gasteiger partial charge in [-0.1, -0.05) is 0 Å². The van der Waals surface area contributed by atoms with Crippen molar-refractivity contribution in [3.05, 3.63) is 139 Å². The van der Waals surface area contributed by atoms with Crippen LogP contribution in [0.15, 0.2) is 100 Å². The van der Waals surface area contributed by atoms with E-state index < -0.39 is 8.07 Å². The maximum atomic E-state index is 2.66. The van der Waals surface area contributed by atoms with E-state index in [0.29, 0.717) is 0 Å². The Morgan fingerprint density at radius 1 is 0.397 bits per heavy atom. The molecule has 4 aromatic carbocycles. The first kappa shape index (κ1) is 52.3. The summed E-state index contributed by atoms with van der Waals surface area (Å²) in [6, 6.07) is 34.8. The predicted octanol–water partition coefficient (Wildman–Crippen LogP) is 3.78. The van der Waals surface area contributed by atoms with Crippen LogP contribution in [0.2, 0.25) is 0 Å². The maximum absolute atomic E-state index is 3.14. The van der Waals surface area contributed by atoms with Crippen LogP contribution in [0.5, 0.6) is 0 Å². The molecule has 0 radical (unpaired) electrons. The molecule has 0 amide bonds. The van der Waals surface area contributed by atoms with Crippen molar-refractivity contribution in [2.75, 3.05) is 0 Å². The largest absolute Gasteiger partial charge is 1.00 e. The number of hydrogen-bond donors (Lipinski definition) is 0. The van der Waals surface area contributed by atoms with Crippen LogP contribution in [-0.2, 0) is 52.9 Å². The molecule has 0 saturated carbocycles. The summed E-state index contributed by atoms with van der Waals surface area (Å²) in [6.07, 6.45) is 3.63. The van der Waals surface area contributed by atoms with E-state index in [1.165, 1.54) is 64.0 Å². The monoisotopic (exact) mass is 888 g/mol. The van der Waals surface area contributed by atoms with Crippen molar-refractivity contribution in [1.29, 1.82) is 0 Å². The number of halogens is 3. The van der Waals surface area contributed by atoms with Gasteiger partial charge in [-0.2, -0.15) is 0 Å². The zero-order chi connectivity index (χ0) is 41.3. The average molecular weight is 890 g/mol. The summed E-state index contributed by atoms with van der Waals surface area (Å²) >= 11 is 2.38. The van der Waals surface area contributed by atoms with Crippen molar-refractivity contribution in [3.8, 4) is 0 Å². The Hall–Kier alpha value is -1.84. The van der Waals surface area contributed by atoms with Crippen molar-refractivity contribution in [2.45, 2.75) is 164 Å². The molecule has 5 heteroatoms. The van der Waals surface area contributed by atoms with Crippen LogP contribution in [0.4, 0.5) is 0 Å². The fourth-order valence-corrected chi connectivity index (χ4v) is 14.0. The molecule has 0 bridgehead atoms. The van der Waals surface area contributed by atoms with Gasteiger partial charge in [-0.15, -0.1) is 0 Å². The summed E-state index contributed by atoms with van der Waals surface area (Å²) in [4.78, 5) is 0. The number of hydrogen-bond acceptors (Lipinski definition) is 0. The van der Waals surface area contributed by atoms with Crippen LogP contribution >= 0.6 is 0 Å². The molecular formula is C53H71Cl3SiTi. The van der Waals surface area contributed by atoms with Gasteiger partial charge in [-0.05, 0) is 0 Å². The van der Waals surface area contributed by atoms with Gasteiger partial charge in [0.25, 0.3) is 0 Å². The molecule has 0 atom stereocenters. The molecule has 0 heterocycles. The summed E-state index contributed by atoms with van der Waals surface area (Å²) < 4.78 is 1.46. The van der Waals surface area contributed by atoms with E-state index in [2.05, 4.69) is 236 Å². The van der Waals surface area contributed by atoms with E-state index in [9.17, 15) is 0 Å². The summed E-state index contributed by atoms with van der Waals surface area (Å²) in [5, 5.41) is 6.03. The second-order valence-electron chi connectivity index (χ2n) is 22.7. The Kier molecular flexibility index (Phi) is 16.1. The normalized spacial score (nSPS) is 14.4. The molecule has 312 valence electrons.